The van der Waals surface area contributed by atoms with E-state index in [-0.39, 0.29) is 5.82 Å². The van der Waals surface area contributed by atoms with Crippen LogP contribution in [0.5, 0.6) is 0 Å². The van der Waals surface area contributed by atoms with Gasteiger partial charge in [-0.25, -0.2) is 9.37 Å². The lowest BCUT2D eigenvalue weighted by Gasteiger charge is -2.11. The summed E-state index contributed by atoms with van der Waals surface area (Å²) in [5.74, 6) is 0.422. The summed E-state index contributed by atoms with van der Waals surface area (Å²) >= 11 is 6.15. The highest BCUT2D eigenvalue weighted by Gasteiger charge is 2.11. The number of nitrogens with zero attached hydrogens (tertiary/aromatic N) is 3. The van der Waals surface area contributed by atoms with Gasteiger partial charge in [0.1, 0.15) is 16.8 Å². The molecule has 2 aromatic carbocycles. The number of nitrogens with one attached hydrogen (secondary N) is 1. The first-order valence-corrected chi connectivity index (χ1v) is 9.14. The van der Waals surface area contributed by atoms with Crippen LogP contribution in [0.2, 0.25) is 5.15 Å². The molecule has 136 valence electrons. The van der Waals surface area contributed by atoms with Crippen LogP contribution in [0.1, 0.15) is 18.1 Å². The van der Waals surface area contributed by atoms with Crippen molar-refractivity contribution in [3.63, 3.8) is 0 Å². The van der Waals surface area contributed by atoms with Crippen LogP contribution in [0.4, 0.5) is 10.2 Å². The number of benzene rings is 2. The van der Waals surface area contributed by atoms with Crippen LogP contribution in [-0.4, -0.2) is 14.6 Å². The minimum Gasteiger partial charge on any atom is -0.366 e. The summed E-state index contributed by atoms with van der Waals surface area (Å²) in [5.41, 5.74) is 4.14. The molecule has 0 atom stereocenters. The molecule has 0 unspecified atom stereocenters. The maximum absolute atomic E-state index is 14.6. The number of aryl methyl sites for hydroxylation is 1. The van der Waals surface area contributed by atoms with E-state index in [9.17, 15) is 4.39 Å². The van der Waals surface area contributed by atoms with Gasteiger partial charge >= 0.3 is 0 Å². The van der Waals surface area contributed by atoms with Crippen molar-refractivity contribution in [1.29, 1.82) is 0 Å². The fourth-order valence-electron chi connectivity index (χ4n) is 3.04. The molecule has 1 N–H and O–H groups in total. The highest BCUT2D eigenvalue weighted by molar-refractivity contribution is 6.29. The van der Waals surface area contributed by atoms with E-state index in [1.807, 2.05) is 43.3 Å². The molecule has 0 radical (unpaired) electrons. The summed E-state index contributed by atoms with van der Waals surface area (Å²) in [5, 5.41) is 7.95. The Morgan fingerprint density at radius 2 is 1.85 bits per heavy atom. The third kappa shape index (κ3) is 3.51. The number of fused-ring (bicyclic) bond motifs is 1. The van der Waals surface area contributed by atoms with Gasteiger partial charge in [0.05, 0.1) is 6.20 Å². The Balaban J connectivity index is 1.59. The summed E-state index contributed by atoms with van der Waals surface area (Å²) in [7, 11) is 0. The molecule has 0 fully saturated rings. The number of aromatic nitrogens is 3. The standard InChI is InChI=1S/C21H18ClFN4/c1-2-14-13-25-27-20(11-19(22)26-21(14)27)24-12-17-9-8-16(10-18(17)23)15-6-4-3-5-7-15/h3-11,13,24H,2,12H2,1H3. The van der Waals surface area contributed by atoms with Gasteiger partial charge in [0.25, 0.3) is 0 Å². The van der Waals surface area contributed by atoms with E-state index in [0.717, 1.165) is 23.1 Å². The Labute approximate surface area is 161 Å². The van der Waals surface area contributed by atoms with E-state index in [1.165, 1.54) is 0 Å². The second-order valence-electron chi connectivity index (χ2n) is 6.25. The zero-order valence-electron chi connectivity index (χ0n) is 14.8. The SMILES string of the molecule is CCc1cnn2c(NCc3ccc(-c4ccccc4)cc3F)cc(Cl)nc12. The second kappa shape index (κ2) is 7.37. The largest absolute Gasteiger partial charge is 0.366 e. The van der Waals surface area contributed by atoms with Crippen molar-refractivity contribution in [3.05, 3.63) is 82.9 Å². The van der Waals surface area contributed by atoms with E-state index in [1.54, 1.807) is 28.9 Å². The normalized spacial score (nSPS) is 11.1. The molecule has 4 aromatic rings. The van der Waals surface area contributed by atoms with Crippen molar-refractivity contribution < 1.29 is 4.39 Å². The van der Waals surface area contributed by atoms with Gasteiger partial charge in [-0.1, -0.05) is 61.0 Å². The summed E-state index contributed by atoms with van der Waals surface area (Å²) < 4.78 is 16.3. The lowest BCUT2D eigenvalue weighted by molar-refractivity contribution is 0.613. The molecule has 0 aliphatic heterocycles. The fourth-order valence-corrected chi connectivity index (χ4v) is 3.22. The van der Waals surface area contributed by atoms with E-state index < -0.39 is 0 Å². The van der Waals surface area contributed by atoms with Gasteiger partial charge in [-0.05, 0) is 23.6 Å². The molecule has 4 nitrogen and oxygen atoms in total. The van der Waals surface area contributed by atoms with Crippen LogP contribution >= 0.6 is 11.6 Å². The van der Waals surface area contributed by atoms with Crippen molar-refractivity contribution in [1.82, 2.24) is 14.6 Å². The Hall–Kier alpha value is -2.92. The predicted octanol–water partition coefficient (Wildman–Crippen LogP) is 5.36. The van der Waals surface area contributed by atoms with Gasteiger partial charge in [0.15, 0.2) is 5.65 Å². The molecule has 0 spiro atoms. The average Bonchev–Trinajstić information content (AvgIpc) is 3.10. The minimum absolute atomic E-state index is 0.255. The van der Waals surface area contributed by atoms with Gasteiger partial charge in [0, 0.05) is 23.7 Å². The number of halogens is 2. The highest BCUT2D eigenvalue weighted by atomic mass is 35.5. The number of hydrogen-bond donors (Lipinski definition) is 1. The molecule has 0 saturated carbocycles. The van der Waals surface area contributed by atoms with Gasteiger partial charge in [-0.3, -0.25) is 0 Å². The molecule has 6 heteroatoms. The van der Waals surface area contributed by atoms with Crippen LogP contribution in [0.15, 0.2) is 60.8 Å². The average molecular weight is 381 g/mol. The number of rotatable bonds is 5. The first kappa shape index (κ1) is 17.5. The molecular formula is C21H18ClFN4. The molecule has 27 heavy (non-hydrogen) atoms. The lowest BCUT2D eigenvalue weighted by atomic mass is 10.0. The van der Waals surface area contributed by atoms with E-state index in [0.29, 0.717) is 28.7 Å². The highest BCUT2D eigenvalue weighted by Crippen LogP contribution is 2.23. The Kier molecular flexibility index (Phi) is 4.77. The fraction of sp³-hybridized carbons (Fsp3) is 0.143. The van der Waals surface area contributed by atoms with Crippen LogP contribution in [-0.2, 0) is 13.0 Å². The number of hydrogen-bond acceptors (Lipinski definition) is 3. The van der Waals surface area contributed by atoms with Crippen molar-refractivity contribution in [2.24, 2.45) is 0 Å². The third-order valence-corrected chi connectivity index (χ3v) is 4.71. The maximum atomic E-state index is 14.6. The van der Waals surface area contributed by atoms with Gasteiger partial charge in [0.2, 0.25) is 0 Å². The Bertz CT molecular complexity index is 1090. The van der Waals surface area contributed by atoms with Gasteiger partial charge in [-0.2, -0.15) is 9.61 Å². The zero-order chi connectivity index (χ0) is 18.8. The van der Waals surface area contributed by atoms with E-state index in [2.05, 4.69) is 15.4 Å². The zero-order valence-corrected chi connectivity index (χ0v) is 15.5. The molecular weight excluding hydrogens is 363 g/mol. The second-order valence-corrected chi connectivity index (χ2v) is 6.64. The summed E-state index contributed by atoms with van der Waals surface area (Å²) in [4.78, 5) is 4.34. The Morgan fingerprint density at radius 3 is 2.59 bits per heavy atom. The maximum Gasteiger partial charge on any atom is 0.162 e. The van der Waals surface area contributed by atoms with Crippen molar-refractivity contribution in [2.75, 3.05) is 5.32 Å². The summed E-state index contributed by atoms with van der Waals surface area (Å²) in [6.07, 6.45) is 2.59. The Morgan fingerprint density at radius 1 is 1.04 bits per heavy atom. The molecule has 0 saturated heterocycles. The molecule has 0 amide bonds. The van der Waals surface area contributed by atoms with Crippen LogP contribution in [0.3, 0.4) is 0 Å². The minimum atomic E-state index is -0.255. The first-order chi connectivity index (χ1) is 13.2. The lowest BCUT2D eigenvalue weighted by Crippen LogP contribution is -2.07. The molecule has 4 rings (SSSR count). The quantitative estimate of drug-likeness (QED) is 0.474. The van der Waals surface area contributed by atoms with Gasteiger partial charge < -0.3 is 5.32 Å². The van der Waals surface area contributed by atoms with Crippen molar-refractivity contribution in [3.8, 4) is 11.1 Å². The number of anilines is 1. The monoisotopic (exact) mass is 380 g/mol. The van der Waals surface area contributed by atoms with E-state index in [4.69, 9.17) is 11.6 Å². The van der Waals surface area contributed by atoms with Crippen molar-refractivity contribution in [2.45, 2.75) is 19.9 Å². The van der Waals surface area contributed by atoms with Crippen LogP contribution < -0.4 is 5.32 Å². The van der Waals surface area contributed by atoms with Crippen LogP contribution in [0, 0.1) is 5.82 Å². The summed E-state index contributed by atoms with van der Waals surface area (Å²) in [6.45, 7) is 2.36. The smallest absolute Gasteiger partial charge is 0.162 e. The molecule has 2 aromatic heterocycles. The van der Waals surface area contributed by atoms with Gasteiger partial charge in [-0.15, -0.1) is 0 Å². The molecule has 0 aliphatic rings. The van der Waals surface area contributed by atoms with Crippen LogP contribution in [0.25, 0.3) is 16.8 Å². The third-order valence-electron chi connectivity index (χ3n) is 4.51. The molecule has 0 bridgehead atoms. The molecule has 2 heterocycles. The topological polar surface area (TPSA) is 42.2 Å². The first-order valence-electron chi connectivity index (χ1n) is 8.76. The summed E-state index contributed by atoms with van der Waals surface area (Å²) in [6, 6.07) is 16.7. The predicted molar refractivity (Wildman–Crippen MR) is 107 cm³/mol. The molecule has 0 aliphatic carbocycles. The van der Waals surface area contributed by atoms with Crippen molar-refractivity contribution >= 4 is 23.1 Å². The van der Waals surface area contributed by atoms with E-state index >= 15 is 0 Å².